The van der Waals surface area contributed by atoms with Gasteiger partial charge in [0.05, 0.1) is 0 Å². The first-order valence-electron chi connectivity index (χ1n) is 6.62. The third-order valence-corrected chi connectivity index (χ3v) is 2.91. The highest BCUT2D eigenvalue weighted by atomic mass is 35.5. The number of carbonyl (C=O) groups is 2. The Hall–Kier alpha value is -2.60. The molecule has 0 fully saturated rings. The molecule has 0 saturated heterocycles. The minimum atomic E-state index is -0.686. The zero-order valence-corrected chi connectivity index (χ0v) is 12.7. The second-order valence-electron chi connectivity index (χ2n) is 4.46. The summed E-state index contributed by atoms with van der Waals surface area (Å²) in [5.41, 5.74) is 0.407. The van der Waals surface area contributed by atoms with E-state index in [1.807, 2.05) is 0 Å². The number of benzene rings is 2. The highest BCUT2D eigenvalue weighted by Gasteiger charge is 2.09. The van der Waals surface area contributed by atoms with Crippen molar-refractivity contribution in [3.05, 3.63) is 59.4 Å². The van der Waals surface area contributed by atoms with Crippen LogP contribution in [0.3, 0.4) is 0 Å². The molecule has 1 N–H and O–H groups in total. The summed E-state index contributed by atoms with van der Waals surface area (Å²) in [6.45, 7) is -0.786. The molecule has 7 heteroatoms. The Balaban J connectivity index is 1.70. The van der Waals surface area contributed by atoms with E-state index in [0.717, 1.165) is 0 Å². The molecule has 120 valence electrons. The SMILES string of the molecule is O=C(COC(=O)COc1ccc(Cl)cc1)Nc1ccc(F)cc1. The molecule has 0 bridgehead atoms. The van der Waals surface area contributed by atoms with Crippen LogP contribution in [0.15, 0.2) is 48.5 Å². The highest BCUT2D eigenvalue weighted by Crippen LogP contribution is 2.15. The zero-order valence-electron chi connectivity index (χ0n) is 11.9. The molecule has 5 nitrogen and oxygen atoms in total. The van der Waals surface area contributed by atoms with Crippen LogP contribution in [-0.4, -0.2) is 25.1 Å². The molecule has 0 saturated carbocycles. The largest absolute Gasteiger partial charge is 0.482 e. The summed E-state index contributed by atoms with van der Waals surface area (Å²) in [6.07, 6.45) is 0. The van der Waals surface area contributed by atoms with E-state index in [1.54, 1.807) is 24.3 Å². The van der Waals surface area contributed by atoms with Crippen LogP contribution >= 0.6 is 11.6 Å². The lowest BCUT2D eigenvalue weighted by atomic mass is 10.3. The van der Waals surface area contributed by atoms with Gasteiger partial charge in [0.2, 0.25) is 0 Å². The molecule has 0 radical (unpaired) electrons. The quantitative estimate of drug-likeness (QED) is 0.823. The summed E-state index contributed by atoms with van der Waals surface area (Å²) in [6, 6.07) is 11.7. The van der Waals surface area contributed by atoms with Crippen molar-refractivity contribution in [3.8, 4) is 5.75 Å². The van der Waals surface area contributed by atoms with Crippen LogP contribution in [0, 0.1) is 5.82 Å². The Morgan fingerprint density at radius 2 is 1.65 bits per heavy atom. The standard InChI is InChI=1S/C16H13ClFNO4/c17-11-1-7-14(8-2-11)22-10-16(21)23-9-15(20)19-13-5-3-12(18)4-6-13/h1-8H,9-10H2,(H,19,20). The number of anilines is 1. The molecule has 0 atom stereocenters. The van der Waals surface area contributed by atoms with Crippen LogP contribution in [0.2, 0.25) is 5.02 Å². The van der Waals surface area contributed by atoms with E-state index in [2.05, 4.69) is 5.32 Å². The van der Waals surface area contributed by atoms with Gasteiger partial charge in [0.15, 0.2) is 13.2 Å². The smallest absolute Gasteiger partial charge is 0.344 e. The fraction of sp³-hybridized carbons (Fsp3) is 0.125. The minimum absolute atomic E-state index is 0.328. The van der Waals surface area contributed by atoms with Gasteiger partial charge in [-0.15, -0.1) is 0 Å². The predicted octanol–water partition coefficient (Wildman–Crippen LogP) is 3.04. The van der Waals surface area contributed by atoms with Crippen LogP contribution in [0.1, 0.15) is 0 Å². The van der Waals surface area contributed by atoms with Gasteiger partial charge in [0.25, 0.3) is 5.91 Å². The highest BCUT2D eigenvalue weighted by molar-refractivity contribution is 6.30. The van der Waals surface area contributed by atoms with Crippen molar-refractivity contribution >= 4 is 29.2 Å². The Labute approximate surface area is 137 Å². The molecule has 0 aliphatic heterocycles. The first-order valence-corrected chi connectivity index (χ1v) is 7.00. The van der Waals surface area contributed by atoms with E-state index >= 15 is 0 Å². The van der Waals surface area contributed by atoms with E-state index < -0.39 is 24.3 Å². The summed E-state index contributed by atoms with van der Waals surface area (Å²) in [7, 11) is 0. The van der Waals surface area contributed by atoms with Gasteiger partial charge in [-0.1, -0.05) is 11.6 Å². The molecule has 2 aromatic carbocycles. The van der Waals surface area contributed by atoms with E-state index in [9.17, 15) is 14.0 Å². The molecule has 0 aliphatic rings. The van der Waals surface area contributed by atoms with Gasteiger partial charge in [-0.3, -0.25) is 4.79 Å². The lowest BCUT2D eigenvalue weighted by molar-refractivity contribution is -0.149. The first-order chi connectivity index (χ1) is 11.0. The van der Waals surface area contributed by atoms with Gasteiger partial charge >= 0.3 is 5.97 Å². The number of nitrogens with one attached hydrogen (secondary N) is 1. The van der Waals surface area contributed by atoms with Crippen molar-refractivity contribution in [1.82, 2.24) is 0 Å². The first kappa shape index (κ1) is 16.8. The molecule has 0 aliphatic carbocycles. The van der Waals surface area contributed by atoms with Gasteiger partial charge in [-0.2, -0.15) is 0 Å². The molecule has 0 unspecified atom stereocenters. The Morgan fingerprint density at radius 3 is 2.30 bits per heavy atom. The molecule has 2 rings (SSSR count). The summed E-state index contributed by atoms with van der Waals surface area (Å²) in [5, 5.41) is 3.02. The zero-order chi connectivity index (χ0) is 16.7. The molecule has 0 spiro atoms. The number of hydrogen-bond donors (Lipinski definition) is 1. The molecule has 2 aromatic rings. The minimum Gasteiger partial charge on any atom is -0.482 e. The number of esters is 1. The molecular weight excluding hydrogens is 325 g/mol. The molecule has 23 heavy (non-hydrogen) atoms. The molecular formula is C16H13ClFNO4. The monoisotopic (exact) mass is 337 g/mol. The fourth-order valence-corrected chi connectivity index (χ4v) is 1.72. The summed E-state index contributed by atoms with van der Waals surface area (Å²) in [4.78, 5) is 23.1. The predicted molar refractivity (Wildman–Crippen MR) is 82.9 cm³/mol. The topological polar surface area (TPSA) is 64.6 Å². The number of rotatable bonds is 6. The average molecular weight is 338 g/mol. The number of carbonyl (C=O) groups excluding carboxylic acids is 2. The van der Waals surface area contributed by atoms with E-state index in [-0.39, 0.29) is 6.61 Å². The molecule has 1 amide bonds. The van der Waals surface area contributed by atoms with Gasteiger partial charge in [0, 0.05) is 10.7 Å². The van der Waals surface area contributed by atoms with Crippen molar-refractivity contribution in [3.63, 3.8) is 0 Å². The Kier molecular flexibility index (Phi) is 5.94. The lowest BCUT2D eigenvalue weighted by Gasteiger charge is -2.08. The van der Waals surface area contributed by atoms with Crippen LogP contribution in [0.4, 0.5) is 10.1 Å². The van der Waals surface area contributed by atoms with Crippen LogP contribution in [0.25, 0.3) is 0 Å². The number of ether oxygens (including phenoxy) is 2. The van der Waals surface area contributed by atoms with Crippen molar-refractivity contribution in [1.29, 1.82) is 0 Å². The number of hydrogen-bond acceptors (Lipinski definition) is 4. The van der Waals surface area contributed by atoms with Crippen molar-refractivity contribution < 1.29 is 23.5 Å². The van der Waals surface area contributed by atoms with E-state index in [1.165, 1.54) is 24.3 Å². The van der Waals surface area contributed by atoms with Crippen molar-refractivity contribution in [2.24, 2.45) is 0 Å². The third kappa shape index (κ3) is 5.96. The lowest BCUT2D eigenvalue weighted by Crippen LogP contribution is -2.23. The maximum Gasteiger partial charge on any atom is 0.344 e. The summed E-state index contributed by atoms with van der Waals surface area (Å²) >= 11 is 5.72. The van der Waals surface area contributed by atoms with Crippen LogP contribution < -0.4 is 10.1 Å². The maximum absolute atomic E-state index is 12.7. The van der Waals surface area contributed by atoms with Crippen molar-refractivity contribution in [2.75, 3.05) is 18.5 Å². The number of amides is 1. The Bertz CT molecular complexity index is 673. The maximum atomic E-state index is 12.7. The molecule has 0 aromatic heterocycles. The molecule has 0 heterocycles. The number of halogens is 2. The van der Waals surface area contributed by atoms with Crippen molar-refractivity contribution in [2.45, 2.75) is 0 Å². The normalized spacial score (nSPS) is 10.0. The van der Waals surface area contributed by atoms with E-state index in [0.29, 0.717) is 16.5 Å². The average Bonchev–Trinajstić information content (AvgIpc) is 2.54. The van der Waals surface area contributed by atoms with Crippen LogP contribution in [0.5, 0.6) is 5.75 Å². The van der Waals surface area contributed by atoms with Gasteiger partial charge in [-0.25, -0.2) is 9.18 Å². The summed E-state index contributed by atoms with van der Waals surface area (Å²) in [5.74, 6) is -1.17. The van der Waals surface area contributed by atoms with Gasteiger partial charge in [-0.05, 0) is 48.5 Å². The Morgan fingerprint density at radius 1 is 1.00 bits per heavy atom. The second-order valence-corrected chi connectivity index (χ2v) is 4.89. The second kappa shape index (κ2) is 8.14. The fourth-order valence-electron chi connectivity index (χ4n) is 1.59. The van der Waals surface area contributed by atoms with Gasteiger partial charge in [0.1, 0.15) is 11.6 Å². The van der Waals surface area contributed by atoms with Crippen LogP contribution in [-0.2, 0) is 14.3 Å². The summed E-state index contributed by atoms with van der Waals surface area (Å²) < 4.78 is 22.7. The van der Waals surface area contributed by atoms with E-state index in [4.69, 9.17) is 21.1 Å². The third-order valence-electron chi connectivity index (χ3n) is 2.66. The van der Waals surface area contributed by atoms with Gasteiger partial charge < -0.3 is 14.8 Å².